The minimum atomic E-state index is -0.208. The van der Waals surface area contributed by atoms with E-state index >= 15 is 0 Å². The van der Waals surface area contributed by atoms with Crippen LogP contribution in [0.1, 0.15) is 53.5 Å². The number of anilines is 2. The zero-order chi connectivity index (χ0) is 21.1. The van der Waals surface area contributed by atoms with Gasteiger partial charge in [0.15, 0.2) is 5.13 Å². The second-order valence-corrected chi connectivity index (χ2v) is 8.79. The van der Waals surface area contributed by atoms with Crippen LogP contribution in [0.2, 0.25) is 0 Å². The predicted molar refractivity (Wildman–Crippen MR) is 116 cm³/mol. The molecule has 1 fully saturated rings. The molecule has 1 aliphatic carbocycles. The minimum absolute atomic E-state index is 0.0584. The van der Waals surface area contributed by atoms with Crippen molar-refractivity contribution in [2.45, 2.75) is 51.6 Å². The predicted octanol–water partition coefficient (Wildman–Crippen LogP) is 3.36. The van der Waals surface area contributed by atoms with E-state index in [2.05, 4.69) is 20.9 Å². The first-order valence-corrected chi connectivity index (χ1v) is 11.0. The highest BCUT2D eigenvalue weighted by molar-refractivity contribution is 7.15. The first kappa shape index (κ1) is 20.3. The van der Waals surface area contributed by atoms with Crippen molar-refractivity contribution in [2.24, 2.45) is 0 Å². The van der Waals surface area contributed by atoms with Crippen molar-refractivity contribution in [1.29, 1.82) is 0 Å². The third-order valence-corrected chi connectivity index (χ3v) is 6.38. The number of hydrogen-bond donors (Lipinski definition) is 3. The smallest absolute Gasteiger partial charge is 0.321 e. The number of thiazole rings is 1. The van der Waals surface area contributed by atoms with E-state index in [1.54, 1.807) is 29.2 Å². The van der Waals surface area contributed by atoms with Crippen LogP contribution in [0, 0.1) is 0 Å². The van der Waals surface area contributed by atoms with Gasteiger partial charge in [-0.1, -0.05) is 24.2 Å². The van der Waals surface area contributed by atoms with E-state index in [9.17, 15) is 14.4 Å². The van der Waals surface area contributed by atoms with E-state index in [4.69, 9.17) is 0 Å². The molecular weight excluding hydrogens is 402 g/mol. The quantitative estimate of drug-likeness (QED) is 0.696. The number of rotatable bonds is 4. The van der Waals surface area contributed by atoms with Crippen molar-refractivity contribution in [1.82, 2.24) is 15.2 Å². The molecule has 1 aromatic carbocycles. The van der Waals surface area contributed by atoms with Gasteiger partial charge in [0, 0.05) is 42.1 Å². The first-order valence-electron chi connectivity index (χ1n) is 10.2. The minimum Gasteiger partial charge on any atom is -0.335 e. The molecule has 9 heteroatoms. The van der Waals surface area contributed by atoms with Crippen molar-refractivity contribution in [3.05, 3.63) is 40.4 Å². The summed E-state index contributed by atoms with van der Waals surface area (Å²) in [5.74, 6) is -0.207. The molecule has 2 aliphatic rings. The van der Waals surface area contributed by atoms with Crippen molar-refractivity contribution < 1.29 is 14.4 Å². The molecule has 0 spiro atoms. The Morgan fingerprint density at radius 3 is 2.53 bits per heavy atom. The van der Waals surface area contributed by atoms with Crippen LogP contribution in [-0.2, 0) is 17.8 Å². The number of amides is 4. The molecule has 4 amide bonds. The summed E-state index contributed by atoms with van der Waals surface area (Å²) in [7, 11) is 0. The summed E-state index contributed by atoms with van der Waals surface area (Å²) < 4.78 is 0. The molecule has 0 bridgehead atoms. The van der Waals surface area contributed by atoms with Crippen LogP contribution in [0.15, 0.2) is 24.3 Å². The lowest BCUT2D eigenvalue weighted by molar-refractivity contribution is -0.114. The fourth-order valence-corrected chi connectivity index (χ4v) is 4.91. The summed E-state index contributed by atoms with van der Waals surface area (Å²) in [6, 6.07) is 6.93. The number of aromatic nitrogens is 1. The van der Waals surface area contributed by atoms with Crippen LogP contribution in [0.3, 0.4) is 0 Å². The van der Waals surface area contributed by atoms with Gasteiger partial charge in [0.1, 0.15) is 0 Å². The summed E-state index contributed by atoms with van der Waals surface area (Å²) in [6.45, 7) is 2.50. The van der Waals surface area contributed by atoms with E-state index in [1.165, 1.54) is 18.3 Å². The Bertz CT molecular complexity index is 950. The van der Waals surface area contributed by atoms with Gasteiger partial charge in [-0.2, -0.15) is 0 Å². The van der Waals surface area contributed by atoms with Gasteiger partial charge in [-0.15, -0.1) is 0 Å². The van der Waals surface area contributed by atoms with Crippen molar-refractivity contribution in [3.8, 4) is 0 Å². The molecule has 30 heavy (non-hydrogen) atoms. The van der Waals surface area contributed by atoms with Crippen LogP contribution < -0.4 is 16.0 Å². The van der Waals surface area contributed by atoms with Crippen LogP contribution in [-0.4, -0.2) is 40.3 Å². The Labute approximate surface area is 179 Å². The Hall–Kier alpha value is -2.94. The van der Waals surface area contributed by atoms with Crippen LogP contribution >= 0.6 is 11.3 Å². The number of carbonyl (C=O) groups excluding carboxylic acids is 3. The highest BCUT2D eigenvalue weighted by Gasteiger charge is 2.26. The topological polar surface area (TPSA) is 103 Å². The molecule has 1 aromatic heterocycles. The summed E-state index contributed by atoms with van der Waals surface area (Å²) in [4.78, 5) is 43.5. The molecule has 3 N–H and O–H groups in total. The summed E-state index contributed by atoms with van der Waals surface area (Å²) in [5, 5.41) is 9.11. The number of benzene rings is 1. The summed E-state index contributed by atoms with van der Waals surface area (Å²) in [5.41, 5.74) is 2.18. The highest BCUT2D eigenvalue weighted by atomic mass is 32.1. The first-order chi connectivity index (χ1) is 14.5. The maximum absolute atomic E-state index is 12.9. The third kappa shape index (κ3) is 4.79. The average molecular weight is 428 g/mol. The number of fused-ring (bicyclic) bond motifs is 1. The average Bonchev–Trinajstić information content (AvgIpc) is 3.36. The molecule has 1 aliphatic heterocycles. The zero-order valence-electron chi connectivity index (χ0n) is 16.9. The number of urea groups is 1. The molecule has 1 saturated carbocycles. The maximum Gasteiger partial charge on any atom is 0.321 e. The van der Waals surface area contributed by atoms with Gasteiger partial charge in [-0.05, 0) is 37.1 Å². The van der Waals surface area contributed by atoms with Gasteiger partial charge in [-0.25, -0.2) is 9.78 Å². The Kier molecular flexibility index (Phi) is 5.98. The lowest BCUT2D eigenvalue weighted by atomic mass is 10.1. The van der Waals surface area contributed by atoms with E-state index in [1.807, 2.05) is 0 Å². The molecule has 0 radical (unpaired) electrons. The lowest BCUT2D eigenvalue weighted by Gasteiger charge is -2.26. The summed E-state index contributed by atoms with van der Waals surface area (Å²) >= 11 is 1.42. The molecule has 0 unspecified atom stereocenters. The summed E-state index contributed by atoms with van der Waals surface area (Å²) in [6.07, 6.45) is 5.05. The second kappa shape index (κ2) is 8.83. The van der Waals surface area contributed by atoms with E-state index < -0.39 is 0 Å². The van der Waals surface area contributed by atoms with Crippen molar-refractivity contribution in [3.63, 3.8) is 0 Å². The number of nitrogens with one attached hydrogen (secondary N) is 3. The van der Waals surface area contributed by atoms with Crippen LogP contribution in [0.4, 0.5) is 15.6 Å². The van der Waals surface area contributed by atoms with Gasteiger partial charge in [0.05, 0.1) is 12.2 Å². The Morgan fingerprint density at radius 1 is 1.10 bits per heavy atom. The molecule has 8 nitrogen and oxygen atoms in total. The third-order valence-electron chi connectivity index (χ3n) is 5.38. The SMILES string of the molecule is CC(=O)Nc1ccc(C(=O)N2CCc3nc(NC(=O)NC4CCCC4)sc3C2)cc1. The normalized spacial score (nSPS) is 16.1. The van der Waals surface area contributed by atoms with Gasteiger partial charge in [0.25, 0.3) is 5.91 Å². The molecule has 2 aromatic rings. The van der Waals surface area contributed by atoms with Crippen molar-refractivity contribution in [2.75, 3.05) is 17.2 Å². The number of carbonyl (C=O) groups is 3. The van der Waals surface area contributed by atoms with E-state index in [-0.39, 0.29) is 23.9 Å². The monoisotopic (exact) mass is 427 g/mol. The highest BCUT2D eigenvalue weighted by Crippen LogP contribution is 2.29. The fourth-order valence-electron chi connectivity index (χ4n) is 3.89. The van der Waals surface area contributed by atoms with Crippen LogP contribution in [0.25, 0.3) is 0 Å². The molecule has 0 atom stereocenters. The van der Waals surface area contributed by atoms with Gasteiger partial charge in [0.2, 0.25) is 5.91 Å². The van der Waals surface area contributed by atoms with Gasteiger partial charge in [-0.3, -0.25) is 14.9 Å². The standard InChI is InChI=1S/C21H25N5O3S/c1-13(27)22-16-8-6-14(7-9-16)19(28)26-11-10-17-18(12-26)30-21(24-17)25-20(29)23-15-4-2-3-5-15/h6-9,15H,2-5,10-12H2,1H3,(H,22,27)(H2,23,24,25,29). The molecule has 158 valence electrons. The second-order valence-electron chi connectivity index (χ2n) is 7.70. The molecular formula is C21H25N5O3S. The van der Waals surface area contributed by atoms with Crippen molar-refractivity contribution >= 4 is 40.0 Å². The van der Waals surface area contributed by atoms with Gasteiger partial charge >= 0.3 is 6.03 Å². The van der Waals surface area contributed by atoms with E-state index in [0.29, 0.717) is 35.9 Å². The Morgan fingerprint density at radius 2 is 1.83 bits per heavy atom. The lowest BCUT2D eigenvalue weighted by Crippen LogP contribution is -2.36. The molecule has 4 rings (SSSR count). The zero-order valence-corrected chi connectivity index (χ0v) is 17.7. The van der Waals surface area contributed by atoms with Gasteiger partial charge < -0.3 is 15.5 Å². The molecule has 0 saturated heterocycles. The van der Waals surface area contributed by atoms with Crippen LogP contribution in [0.5, 0.6) is 0 Å². The molecule has 2 heterocycles. The Balaban J connectivity index is 1.36. The van der Waals surface area contributed by atoms with E-state index in [0.717, 1.165) is 36.3 Å². The number of nitrogens with zero attached hydrogens (tertiary/aromatic N) is 2. The maximum atomic E-state index is 12.9. The largest absolute Gasteiger partial charge is 0.335 e. The number of hydrogen-bond acceptors (Lipinski definition) is 5. The fraction of sp³-hybridized carbons (Fsp3) is 0.429.